The number of aliphatic hydroxyl groups is 1. The van der Waals surface area contributed by atoms with Crippen LogP contribution in [0.5, 0.6) is 11.6 Å². The van der Waals surface area contributed by atoms with Gasteiger partial charge in [-0.1, -0.05) is 0 Å². The number of hydrogen-bond acceptors (Lipinski definition) is 11. The van der Waals surface area contributed by atoms with Gasteiger partial charge in [0.2, 0.25) is 5.88 Å². The van der Waals surface area contributed by atoms with Crippen LogP contribution in [0.4, 0.5) is 14.9 Å². The molecule has 0 spiro atoms. The van der Waals surface area contributed by atoms with Crippen molar-refractivity contribution in [1.82, 2.24) is 24.9 Å². The van der Waals surface area contributed by atoms with E-state index < -0.39 is 30.2 Å². The maximum Gasteiger partial charge on any atom is 0.412 e. The number of nitrogens with zero attached hydrogens (tertiary/aromatic N) is 5. The van der Waals surface area contributed by atoms with Crippen molar-refractivity contribution >= 4 is 44.4 Å². The van der Waals surface area contributed by atoms with Gasteiger partial charge in [0.15, 0.2) is 11.6 Å². The highest BCUT2D eigenvalue weighted by Crippen LogP contribution is 2.38. The normalized spacial score (nSPS) is 17.0. The lowest BCUT2D eigenvalue weighted by atomic mass is 9.92. The molecule has 222 valence electrons. The molecule has 0 bridgehead atoms. The molecule has 0 unspecified atom stereocenters. The number of nitrogens with one attached hydrogen (secondary N) is 1. The molecule has 1 aliphatic carbocycles. The molecule has 3 atom stereocenters. The number of anilines is 1. The highest BCUT2D eigenvalue weighted by molar-refractivity contribution is 7.21. The Balaban J connectivity index is 1.13. The van der Waals surface area contributed by atoms with Gasteiger partial charge in [0, 0.05) is 24.1 Å². The minimum Gasteiger partial charge on any atom is -0.483 e. The van der Waals surface area contributed by atoms with Crippen LogP contribution in [0.2, 0.25) is 0 Å². The monoisotopic (exact) mass is 604 g/mol. The standard InChI is InChI=1S/C30H29FN6O5S/c1-15-8-18(28-21(9-15)36-27(40-3)14-34-28)29-37-20-10-19(31)24(11-25(20)43-29)41-22-5-6-23(22)42-30(39)35-17-12-32-26(33-13-17)7-4-16(2)38/h8-14,16,22-23,38H,4-7H2,1-3H3,(H,35,39)/t16-,22+,23-/m1/s1. The van der Waals surface area contributed by atoms with Gasteiger partial charge in [-0.25, -0.2) is 34.1 Å². The largest absolute Gasteiger partial charge is 0.483 e. The van der Waals surface area contributed by atoms with E-state index in [2.05, 4.69) is 30.2 Å². The highest BCUT2D eigenvalue weighted by atomic mass is 32.1. The molecule has 3 aromatic heterocycles. The average Bonchev–Trinajstić information content (AvgIpc) is 3.39. The first-order valence-electron chi connectivity index (χ1n) is 13.8. The van der Waals surface area contributed by atoms with E-state index in [4.69, 9.17) is 14.2 Å². The number of aliphatic hydroxyl groups excluding tert-OH is 1. The second-order valence-electron chi connectivity index (χ2n) is 10.4. The van der Waals surface area contributed by atoms with Gasteiger partial charge >= 0.3 is 6.09 Å². The summed E-state index contributed by atoms with van der Waals surface area (Å²) in [5.74, 6) is 0.508. The summed E-state index contributed by atoms with van der Waals surface area (Å²) in [6.07, 6.45) is 4.67. The molecular formula is C30H29FN6O5S. The Kier molecular flexibility index (Phi) is 8.00. The van der Waals surface area contributed by atoms with Crippen molar-refractivity contribution in [2.75, 3.05) is 12.4 Å². The number of carbonyl (C=O) groups is 1. The van der Waals surface area contributed by atoms with Crippen LogP contribution in [-0.2, 0) is 11.2 Å². The summed E-state index contributed by atoms with van der Waals surface area (Å²) in [6.45, 7) is 3.67. The molecule has 2 aromatic carbocycles. The fraction of sp³-hybridized carbons (Fsp3) is 0.333. The second-order valence-corrected chi connectivity index (χ2v) is 11.5. The molecule has 1 amide bonds. The lowest BCUT2D eigenvalue weighted by Crippen LogP contribution is -2.45. The average molecular weight is 605 g/mol. The number of amides is 1. The zero-order valence-electron chi connectivity index (χ0n) is 23.7. The number of halogens is 1. The van der Waals surface area contributed by atoms with Gasteiger partial charge in [-0.2, -0.15) is 0 Å². The molecule has 1 fully saturated rings. The molecule has 2 N–H and O–H groups in total. The van der Waals surface area contributed by atoms with Crippen molar-refractivity contribution in [1.29, 1.82) is 0 Å². The van der Waals surface area contributed by atoms with E-state index in [1.54, 1.807) is 26.3 Å². The van der Waals surface area contributed by atoms with Crippen LogP contribution < -0.4 is 14.8 Å². The lowest BCUT2D eigenvalue weighted by Gasteiger charge is -2.35. The van der Waals surface area contributed by atoms with E-state index in [0.29, 0.717) is 64.6 Å². The topological polar surface area (TPSA) is 141 Å². The van der Waals surface area contributed by atoms with Crippen LogP contribution in [0.3, 0.4) is 0 Å². The SMILES string of the molecule is COc1cnc2c(-c3nc4cc(F)c(O[C@H]5CC[C@H]5OC(=O)Nc5cnc(CC[C@@H](C)O)nc5)cc4s3)cc(C)cc2n1. The maximum absolute atomic E-state index is 15.1. The lowest BCUT2D eigenvalue weighted by molar-refractivity contribution is -0.0431. The molecule has 3 heterocycles. The predicted molar refractivity (Wildman–Crippen MR) is 159 cm³/mol. The number of hydrogen-bond donors (Lipinski definition) is 2. The number of thiazole rings is 1. The Morgan fingerprint density at radius 3 is 2.60 bits per heavy atom. The minimum absolute atomic E-state index is 0.0706. The fourth-order valence-corrected chi connectivity index (χ4v) is 5.68. The van der Waals surface area contributed by atoms with Crippen molar-refractivity contribution in [3.63, 3.8) is 0 Å². The molecule has 6 rings (SSSR count). The van der Waals surface area contributed by atoms with E-state index in [1.165, 1.54) is 29.8 Å². The summed E-state index contributed by atoms with van der Waals surface area (Å²) in [5, 5.41) is 12.7. The first kappa shape index (κ1) is 28.6. The molecule has 43 heavy (non-hydrogen) atoms. The van der Waals surface area contributed by atoms with Gasteiger partial charge in [-0.05, 0) is 50.8 Å². The van der Waals surface area contributed by atoms with E-state index in [1.807, 2.05) is 19.1 Å². The summed E-state index contributed by atoms with van der Waals surface area (Å²) in [7, 11) is 1.54. The van der Waals surface area contributed by atoms with E-state index >= 15 is 4.39 Å². The van der Waals surface area contributed by atoms with E-state index in [0.717, 1.165) is 15.8 Å². The van der Waals surface area contributed by atoms with Crippen LogP contribution >= 0.6 is 11.3 Å². The molecule has 1 saturated carbocycles. The molecule has 11 nitrogen and oxygen atoms in total. The summed E-state index contributed by atoms with van der Waals surface area (Å²) < 4.78 is 32.6. The number of methoxy groups -OCH3 is 1. The second kappa shape index (κ2) is 12.0. The third-order valence-electron chi connectivity index (χ3n) is 7.08. The summed E-state index contributed by atoms with van der Waals surface area (Å²) in [5.41, 5.74) is 4.02. The van der Waals surface area contributed by atoms with Gasteiger partial charge in [0.1, 0.15) is 23.0 Å². The van der Waals surface area contributed by atoms with Crippen molar-refractivity contribution in [2.45, 2.75) is 57.8 Å². The first-order chi connectivity index (χ1) is 20.7. The molecule has 1 aliphatic rings. The number of ether oxygens (including phenoxy) is 3. The Bertz CT molecular complexity index is 1800. The van der Waals surface area contributed by atoms with Crippen LogP contribution in [0.15, 0.2) is 42.9 Å². The van der Waals surface area contributed by atoms with Crippen LogP contribution in [-0.4, -0.2) is 61.5 Å². The molecule has 0 saturated heterocycles. The number of aromatic nitrogens is 5. The molecule has 0 radical (unpaired) electrons. The fourth-order valence-electron chi connectivity index (χ4n) is 4.69. The Hall–Kier alpha value is -4.49. The van der Waals surface area contributed by atoms with E-state index in [9.17, 15) is 9.90 Å². The smallest absolute Gasteiger partial charge is 0.412 e. The summed E-state index contributed by atoms with van der Waals surface area (Å²) in [4.78, 5) is 34.6. The van der Waals surface area contributed by atoms with Crippen molar-refractivity contribution in [3.8, 4) is 22.2 Å². The quantitative estimate of drug-likeness (QED) is 0.218. The van der Waals surface area contributed by atoms with Crippen LogP contribution in [0.25, 0.3) is 31.8 Å². The number of aryl methyl sites for hydroxylation is 2. The van der Waals surface area contributed by atoms with Crippen LogP contribution in [0, 0.1) is 12.7 Å². The zero-order chi connectivity index (χ0) is 30.1. The van der Waals surface area contributed by atoms with Gasteiger partial charge in [-0.3, -0.25) is 5.32 Å². The first-order valence-corrected chi connectivity index (χ1v) is 14.6. The highest BCUT2D eigenvalue weighted by Gasteiger charge is 2.37. The van der Waals surface area contributed by atoms with Gasteiger partial charge in [0.25, 0.3) is 0 Å². The number of carbonyl (C=O) groups excluding carboxylic acids is 1. The zero-order valence-corrected chi connectivity index (χ0v) is 24.5. The molecular weight excluding hydrogens is 575 g/mol. The Morgan fingerprint density at radius 2 is 1.88 bits per heavy atom. The number of fused-ring (bicyclic) bond motifs is 2. The number of rotatable bonds is 9. The van der Waals surface area contributed by atoms with Crippen LogP contribution in [0.1, 0.15) is 37.6 Å². The minimum atomic E-state index is -0.673. The van der Waals surface area contributed by atoms with Gasteiger partial charge < -0.3 is 19.3 Å². The molecule has 0 aliphatic heterocycles. The number of benzene rings is 2. The Labute approximate surface area is 250 Å². The van der Waals surface area contributed by atoms with Crippen molar-refractivity contribution < 1.29 is 28.5 Å². The molecule has 13 heteroatoms. The van der Waals surface area contributed by atoms with E-state index in [-0.39, 0.29) is 5.75 Å². The van der Waals surface area contributed by atoms with Crippen molar-refractivity contribution in [2.24, 2.45) is 0 Å². The predicted octanol–water partition coefficient (Wildman–Crippen LogP) is 5.62. The third kappa shape index (κ3) is 6.32. The van der Waals surface area contributed by atoms with Gasteiger partial charge in [-0.15, -0.1) is 11.3 Å². The Morgan fingerprint density at radius 1 is 1.09 bits per heavy atom. The van der Waals surface area contributed by atoms with Crippen molar-refractivity contribution in [3.05, 3.63) is 60.1 Å². The summed E-state index contributed by atoms with van der Waals surface area (Å²) >= 11 is 1.40. The molecule has 5 aromatic rings. The maximum atomic E-state index is 15.1. The summed E-state index contributed by atoms with van der Waals surface area (Å²) in [6, 6.07) is 6.89. The van der Waals surface area contributed by atoms with Gasteiger partial charge in [0.05, 0.1) is 58.7 Å². The third-order valence-corrected chi connectivity index (χ3v) is 8.13.